The summed E-state index contributed by atoms with van der Waals surface area (Å²) in [7, 11) is 0. The van der Waals surface area contributed by atoms with Crippen molar-refractivity contribution < 1.29 is 0 Å². The third-order valence-electron chi connectivity index (χ3n) is 5.28. The molecule has 1 aromatic heterocycles. The maximum absolute atomic E-state index is 4.94. The van der Waals surface area contributed by atoms with Gasteiger partial charge in [0.1, 0.15) is 5.82 Å². The van der Waals surface area contributed by atoms with Crippen molar-refractivity contribution in [2.75, 3.05) is 0 Å². The summed E-state index contributed by atoms with van der Waals surface area (Å²) in [5.41, 5.74) is 3.57. The van der Waals surface area contributed by atoms with Gasteiger partial charge >= 0.3 is 0 Å². The predicted molar refractivity (Wildman–Crippen MR) is 111 cm³/mol. The molecule has 0 spiro atoms. The van der Waals surface area contributed by atoms with Crippen LogP contribution in [0.3, 0.4) is 0 Å². The number of para-hydroxylation sites is 2. The van der Waals surface area contributed by atoms with Crippen molar-refractivity contribution in [2.24, 2.45) is 0 Å². The van der Waals surface area contributed by atoms with E-state index < -0.39 is 0 Å². The minimum absolute atomic E-state index is 0.311. The fourth-order valence-corrected chi connectivity index (χ4v) is 3.91. The normalized spacial score (nSPS) is 12.7. The number of aromatic nitrogens is 2. The number of imidazole rings is 1. The van der Waals surface area contributed by atoms with E-state index in [9.17, 15) is 0 Å². The van der Waals surface area contributed by atoms with Crippen LogP contribution < -0.4 is 0 Å². The second-order valence-corrected chi connectivity index (χ2v) is 7.11. The van der Waals surface area contributed by atoms with Crippen molar-refractivity contribution in [1.29, 1.82) is 0 Å². The Labute approximate surface area is 155 Å². The van der Waals surface area contributed by atoms with E-state index in [1.54, 1.807) is 0 Å². The van der Waals surface area contributed by atoms with E-state index in [-0.39, 0.29) is 0 Å². The standard InChI is InChI=1S/C24H26N2/c1-2-3-4-5-14-21(24-25-22-16-8-9-17-23(22)26-24)20-15-10-12-18-11-6-7-13-19(18)20/h6-13,15-17,21H,2-5,14H2,1H3,(H,25,26). The highest BCUT2D eigenvalue weighted by molar-refractivity contribution is 5.86. The van der Waals surface area contributed by atoms with Crippen molar-refractivity contribution >= 4 is 21.8 Å². The minimum Gasteiger partial charge on any atom is -0.341 e. The monoisotopic (exact) mass is 342 g/mol. The lowest BCUT2D eigenvalue weighted by Gasteiger charge is -2.17. The van der Waals surface area contributed by atoms with E-state index >= 15 is 0 Å². The Bertz CT molecular complexity index is 961. The summed E-state index contributed by atoms with van der Waals surface area (Å²) in [6, 6.07) is 23.7. The molecule has 4 rings (SSSR count). The lowest BCUT2D eigenvalue weighted by Crippen LogP contribution is -2.04. The maximum Gasteiger partial charge on any atom is 0.114 e. The second kappa shape index (κ2) is 7.74. The van der Waals surface area contributed by atoms with Crippen LogP contribution in [0.25, 0.3) is 21.8 Å². The van der Waals surface area contributed by atoms with Crippen LogP contribution in [0.5, 0.6) is 0 Å². The number of nitrogens with one attached hydrogen (secondary N) is 1. The Morgan fingerprint density at radius 2 is 1.65 bits per heavy atom. The number of aromatic amines is 1. The molecule has 26 heavy (non-hydrogen) atoms. The summed E-state index contributed by atoms with van der Waals surface area (Å²) in [5.74, 6) is 1.41. The molecule has 0 radical (unpaired) electrons. The third kappa shape index (κ3) is 3.37. The van der Waals surface area contributed by atoms with Gasteiger partial charge in [0.2, 0.25) is 0 Å². The summed E-state index contributed by atoms with van der Waals surface area (Å²) in [6.07, 6.45) is 6.23. The smallest absolute Gasteiger partial charge is 0.114 e. The number of hydrogen-bond acceptors (Lipinski definition) is 1. The molecule has 3 aromatic carbocycles. The van der Waals surface area contributed by atoms with Crippen molar-refractivity contribution in [2.45, 2.75) is 44.9 Å². The van der Waals surface area contributed by atoms with Gasteiger partial charge in [0.25, 0.3) is 0 Å². The van der Waals surface area contributed by atoms with Crippen LogP contribution in [0, 0.1) is 0 Å². The summed E-state index contributed by atoms with van der Waals surface area (Å²) in [4.78, 5) is 8.53. The summed E-state index contributed by atoms with van der Waals surface area (Å²) >= 11 is 0. The summed E-state index contributed by atoms with van der Waals surface area (Å²) < 4.78 is 0. The minimum atomic E-state index is 0.311. The average molecular weight is 342 g/mol. The second-order valence-electron chi connectivity index (χ2n) is 7.11. The van der Waals surface area contributed by atoms with Gasteiger partial charge in [-0.1, -0.05) is 87.2 Å². The fourth-order valence-electron chi connectivity index (χ4n) is 3.91. The van der Waals surface area contributed by atoms with Crippen molar-refractivity contribution in [3.8, 4) is 0 Å². The highest BCUT2D eigenvalue weighted by Crippen LogP contribution is 2.34. The SMILES string of the molecule is CCCCCCC(c1nc2ccccc2[nH]1)c1cccc2ccccc12. The molecule has 1 heterocycles. The van der Waals surface area contributed by atoms with Gasteiger partial charge < -0.3 is 4.98 Å². The molecule has 0 bridgehead atoms. The lowest BCUT2D eigenvalue weighted by atomic mass is 9.88. The van der Waals surface area contributed by atoms with Crippen LogP contribution >= 0.6 is 0 Å². The molecule has 4 aromatic rings. The molecular formula is C24H26N2. The Kier molecular flexibility index (Phi) is 5.01. The molecular weight excluding hydrogens is 316 g/mol. The van der Waals surface area contributed by atoms with Crippen LogP contribution in [-0.4, -0.2) is 9.97 Å². The molecule has 0 saturated heterocycles. The Balaban J connectivity index is 1.76. The van der Waals surface area contributed by atoms with Gasteiger partial charge in [-0.2, -0.15) is 0 Å². The number of nitrogens with zero attached hydrogens (tertiary/aromatic N) is 1. The van der Waals surface area contributed by atoms with Gasteiger partial charge in [-0.15, -0.1) is 0 Å². The highest BCUT2D eigenvalue weighted by Gasteiger charge is 2.20. The van der Waals surface area contributed by atoms with Crippen molar-refractivity contribution in [1.82, 2.24) is 9.97 Å². The number of benzene rings is 3. The molecule has 0 amide bonds. The lowest BCUT2D eigenvalue weighted by molar-refractivity contribution is 0.586. The summed E-state index contributed by atoms with van der Waals surface area (Å²) in [6.45, 7) is 2.27. The van der Waals surface area contributed by atoms with Crippen LogP contribution in [0.2, 0.25) is 0 Å². The molecule has 0 aliphatic rings. The van der Waals surface area contributed by atoms with Gasteiger partial charge in [0.15, 0.2) is 0 Å². The molecule has 0 aliphatic carbocycles. The van der Waals surface area contributed by atoms with Crippen LogP contribution in [0.15, 0.2) is 66.7 Å². The maximum atomic E-state index is 4.94. The first-order chi connectivity index (χ1) is 12.9. The molecule has 1 unspecified atom stereocenters. The molecule has 1 N–H and O–H groups in total. The molecule has 0 saturated carbocycles. The Hall–Kier alpha value is -2.61. The molecule has 2 nitrogen and oxygen atoms in total. The number of hydrogen-bond donors (Lipinski definition) is 1. The molecule has 132 valence electrons. The molecule has 2 heteroatoms. The van der Waals surface area contributed by atoms with Gasteiger partial charge in [-0.05, 0) is 34.9 Å². The van der Waals surface area contributed by atoms with Gasteiger partial charge in [0.05, 0.1) is 11.0 Å². The fraction of sp³-hybridized carbons (Fsp3) is 0.292. The van der Waals surface area contributed by atoms with Crippen LogP contribution in [0.1, 0.15) is 56.3 Å². The first-order valence-electron chi connectivity index (χ1n) is 9.79. The quantitative estimate of drug-likeness (QED) is 0.367. The van der Waals surface area contributed by atoms with E-state index in [2.05, 4.69) is 78.6 Å². The predicted octanol–water partition coefficient (Wildman–Crippen LogP) is 6.82. The largest absolute Gasteiger partial charge is 0.341 e. The van der Waals surface area contributed by atoms with Crippen molar-refractivity contribution in [3.63, 3.8) is 0 Å². The molecule has 0 aliphatic heterocycles. The molecule has 1 atom stereocenters. The zero-order chi connectivity index (χ0) is 17.8. The van der Waals surface area contributed by atoms with E-state index in [1.807, 2.05) is 0 Å². The zero-order valence-corrected chi connectivity index (χ0v) is 15.4. The zero-order valence-electron chi connectivity index (χ0n) is 15.4. The first kappa shape index (κ1) is 16.8. The van der Waals surface area contributed by atoms with Gasteiger partial charge in [-0.3, -0.25) is 0 Å². The number of H-pyrrole nitrogens is 1. The third-order valence-corrected chi connectivity index (χ3v) is 5.28. The average Bonchev–Trinajstić information content (AvgIpc) is 3.12. The number of rotatable bonds is 7. The van der Waals surface area contributed by atoms with Crippen molar-refractivity contribution in [3.05, 3.63) is 78.1 Å². The van der Waals surface area contributed by atoms with Gasteiger partial charge in [0, 0.05) is 5.92 Å². The number of fused-ring (bicyclic) bond motifs is 2. The Morgan fingerprint density at radius 1 is 0.846 bits per heavy atom. The van der Waals surface area contributed by atoms with E-state index in [4.69, 9.17) is 4.98 Å². The number of unbranched alkanes of at least 4 members (excludes halogenated alkanes) is 3. The Morgan fingerprint density at radius 3 is 2.54 bits per heavy atom. The molecule has 0 fully saturated rings. The van der Waals surface area contributed by atoms with Gasteiger partial charge in [-0.25, -0.2) is 4.98 Å². The topological polar surface area (TPSA) is 28.7 Å². The first-order valence-corrected chi connectivity index (χ1v) is 9.79. The van der Waals surface area contributed by atoms with E-state index in [0.717, 1.165) is 23.3 Å². The van der Waals surface area contributed by atoms with E-state index in [1.165, 1.54) is 42.0 Å². The summed E-state index contributed by atoms with van der Waals surface area (Å²) in [5, 5.41) is 2.65. The van der Waals surface area contributed by atoms with Crippen LogP contribution in [-0.2, 0) is 0 Å². The highest BCUT2D eigenvalue weighted by atomic mass is 14.9. The van der Waals surface area contributed by atoms with Crippen LogP contribution in [0.4, 0.5) is 0 Å². The van der Waals surface area contributed by atoms with E-state index in [0.29, 0.717) is 5.92 Å².